The molecule has 1 aromatic heterocycles. The number of carbonyl (C=O) groups excluding carboxylic acids is 2. The first-order valence-electron chi connectivity index (χ1n) is 7.58. The zero-order valence-corrected chi connectivity index (χ0v) is 13.2. The largest absolute Gasteiger partial charge is 0.482 e. The molecule has 122 valence electrons. The molecule has 1 N–H and O–H groups in total. The Balaban J connectivity index is 1.53. The minimum absolute atomic E-state index is 0.232. The summed E-state index contributed by atoms with van der Waals surface area (Å²) in [5.41, 5.74) is 2.42. The van der Waals surface area contributed by atoms with Gasteiger partial charge in [0.05, 0.1) is 0 Å². The Labute approximate surface area is 139 Å². The van der Waals surface area contributed by atoms with Gasteiger partial charge in [-0.05, 0) is 30.7 Å². The van der Waals surface area contributed by atoms with Crippen LogP contribution in [0.4, 0.5) is 0 Å². The first kappa shape index (κ1) is 15.8. The van der Waals surface area contributed by atoms with E-state index in [0.29, 0.717) is 11.3 Å². The van der Waals surface area contributed by atoms with Gasteiger partial charge in [0.1, 0.15) is 5.75 Å². The Morgan fingerprint density at radius 1 is 1.04 bits per heavy atom. The normalized spacial score (nSPS) is 10.5. The Morgan fingerprint density at radius 2 is 1.88 bits per heavy atom. The molecule has 5 heteroatoms. The van der Waals surface area contributed by atoms with Crippen LogP contribution in [0, 0.1) is 6.92 Å². The SMILES string of the molecule is Cc1cccc(OCC(=O)OCC(=O)c2c[nH]c3ccccc23)c1. The molecule has 0 aliphatic rings. The van der Waals surface area contributed by atoms with Gasteiger partial charge in [0.15, 0.2) is 13.2 Å². The minimum atomic E-state index is -0.579. The zero-order chi connectivity index (χ0) is 16.9. The molecular weight excluding hydrogens is 306 g/mol. The molecule has 0 spiro atoms. The minimum Gasteiger partial charge on any atom is -0.482 e. The summed E-state index contributed by atoms with van der Waals surface area (Å²) in [6, 6.07) is 14.8. The predicted molar refractivity (Wildman–Crippen MR) is 90.3 cm³/mol. The van der Waals surface area contributed by atoms with E-state index >= 15 is 0 Å². The first-order valence-corrected chi connectivity index (χ1v) is 7.58. The first-order chi connectivity index (χ1) is 11.6. The third kappa shape index (κ3) is 3.63. The summed E-state index contributed by atoms with van der Waals surface area (Å²) >= 11 is 0. The van der Waals surface area contributed by atoms with E-state index in [1.54, 1.807) is 12.3 Å². The molecule has 2 aromatic carbocycles. The Bertz CT molecular complexity index is 882. The summed E-state index contributed by atoms with van der Waals surface area (Å²) in [6.07, 6.45) is 1.63. The van der Waals surface area contributed by atoms with Crippen molar-refractivity contribution >= 4 is 22.7 Å². The molecule has 0 aliphatic carbocycles. The van der Waals surface area contributed by atoms with Gasteiger partial charge in [-0.25, -0.2) is 4.79 Å². The molecule has 0 atom stereocenters. The number of rotatable bonds is 6. The second-order valence-electron chi connectivity index (χ2n) is 5.44. The number of Topliss-reactive ketones (excluding diaryl/α,β-unsaturated/α-hetero) is 1. The third-order valence-corrected chi connectivity index (χ3v) is 3.60. The lowest BCUT2D eigenvalue weighted by Gasteiger charge is -2.07. The Kier molecular flexibility index (Phi) is 4.61. The zero-order valence-electron chi connectivity index (χ0n) is 13.2. The number of fused-ring (bicyclic) bond motifs is 1. The van der Waals surface area contributed by atoms with Crippen molar-refractivity contribution in [2.45, 2.75) is 6.92 Å². The number of H-pyrrole nitrogens is 1. The second kappa shape index (κ2) is 7.00. The van der Waals surface area contributed by atoms with Crippen molar-refractivity contribution < 1.29 is 19.1 Å². The van der Waals surface area contributed by atoms with Gasteiger partial charge in [-0.15, -0.1) is 0 Å². The van der Waals surface area contributed by atoms with Gasteiger partial charge in [-0.3, -0.25) is 4.79 Å². The molecule has 5 nitrogen and oxygen atoms in total. The van der Waals surface area contributed by atoms with Crippen molar-refractivity contribution in [2.75, 3.05) is 13.2 Å². The molecule has 0 aliphatic heterocycles. The van der Waals surface area contributed by atoms with E-state index in [9.17, 15) is 9.59 Å². The number of carbonyl (C=O) groups is 2. The standard InChI is InChI=1S/C19H17NO4/c1-13-5-4-6-14(9-13)23-12-19(22)24-11-18(21)16-10-20-17-8-3-2-7-15(16)17/h2-10,20H,11-12H2,1H3. The fraction of sp³-hybridized carbons (Fsp3) is 0.158. The number of aromatic amines is 1. The molecule has 0 radical (unpaired) electrons. The number of ether oxygens (including phenoxy) is 2. The average Bonchev–Trinajstić information content (AvgIpc) is 3.02. The van der Waals surface area contributed by atoms with E-state index in [4.69, 9.17) is 9.47 Å². The van der Waals surface area contributed by atoms with Crippen LogP contribution in [-0.4, -0.2) is 30.0 Å². The van der Waals surface area contributed by atoms with Crippen LogP contribution in [0.5, 0.6) is 5.75 Å². The van der Waals surface area contributed by atoms with Crippen molar-refractivity contribution in [2.24, 2.45) is 0 Å². The molecule has 0 saturated carbocycles. The van der Waals surface area contributed by atoms with E-state index in [1.165, 1.54) is 0 Å². The summed E-state index contributed by atoms with van der Waals surface area (Å²) in [6.45, 7) is 1.40. The Hall–Kier alpha value is -3.08. The maximum absolute atomic E-state index is 12.2. The number of para-hydroxylation sites is 1. The molecule has 24 heavy (non-hydrogen) atoms. The quantitative estimate of drug-likeness (QED) is 0.558. The number of nitrogens with one attached hydrogen (secondary N) is 1. The van der Waals surface area contributed by atoms with Gasteiger partial charge in [0.25, 0.3) is 0 Å². The number of hydrogen-bond acceptors (Lipinski definition) is 4. The third-order valence-electron chi connectivity index (χ3n) is 3.60. The highest BCUT2D eigenvalue weighted by atomic mass is 16.6. The van der Waals surface area contributed by atoms with Crippen LogP contribution >= 0.6 is 0 Å². The van der Waals surface area contributed by atoms with Crippen LogP contribution in [0.1, 0.15) is 15.9 Å². The maximum Gasteiger partial charge on any atom is 0.344 e. The monoisotopic (exact) mass is 323 g/mol. The van der Waals surface area contributed by atoms with Gasteiger partial charge in [-0.2, -0.15) is 0 Å². The fourth-order valence-corrected chi connectivity index (χ4v) is 2.42. The van der Waals surface area contributed by atoms with E-state index < -0.39 is 5.97 Å². The Morgan fingerprint density at radius 3 is 2.71 bits per heavy atom. The molecule has 3 rings (SSSR count). The van der Waals surface area contributed by atoms with Gasteiger partial charge in [0.2, 0.25) is 5.78 Å². The smallest absolute Gasteiger partial charge is 0.344 e. The summed E-state index contributed by atoms with van der Waals surface area (Å²) in [5.74, 6) is -0.240. The number of aryl methyl sites for hydroxylation is 1. The lowest BCUT2D eigenvalue weighted by molar-refractivity contribution is -0.144. The van der Waals surface area contributed by atoms with Crippen LogP contribution < -0.4 is 4.74 Å². The van der Waals surface area contributed by atoms with Crippen molar-refractivity contribution in [3.63, 3.8) is 0 Å². The number of ketones is 1. The molecule has 0 unspecified atom stereocenters. The molecule has 0 saturated heterocycles. The van der Waals surface area contributed by atoms with Crippen molar-refractivity contribution in [3.8, 4) is 5.75 Å². The van der Waals surface area contributed by atoms with Crippen molar-refractivity contribution in [1.29, 1.82) is 0 Å². The van der Waals surface area contributed by atoms with Crippen molar-refractivity contribution in [1.82, 2.24) is 4.98 Å². The van der Waals surface area contributed by atoms with Crippen LogP contribution in [0.2, 0.25) is 0 Å². The predicted octanol–water partition coefficient (Wildman–Crippen LogP) is 3.28. The summed E-state index contributed by atoms with van der Waals surface area (Å²) < 4.78 is 10.4. The van der Waals surface area contributed by atoms with Crippen molar-refractivity contribution in [3.05, 3.63) is 65.9 Å². The maximum atomic E-state index is 12.2. The number of benzene rings is 2. The summed E-state index contributed by atoms with van der Waals surface area (Å²) in [4.78, 5) is 27.0. The number of hydrogen-bond donors (Lipinski definition) is 1. The molecule has 0 fully saturated rings. The van der Waals surface area contributed by atoms with Crippen LogP contribution in [0.25, 0.3) is 10.9 Å². The average molecular weight is 323 g/mol. The topological polar surface area (TPSA) is 68.4 Å². The van der Waals surface area contributed by atoms with E-state index in [2.05, 4.69) is 4.98 Å². The van der Waals surface area contributed by atoms with Crippen LogP contribution in [0.15, 0.2) is 54.7 Å². The summed E-state index contributed by atoms with van der Waals surface area (Å²) in [5, 5.41) is 0.814. The van der Waals surface area contributed by atoms with Crippen LogP contribution in [0.3, 0.4) is 0 Å². The lowest BCUT2D eigenvalue weighted by atomic mass is 10.1. The van der Waals surface area contributed by atoms with Gasteiger partial charge < -0.3 is 14.5 Å². The molecule has 0 bridgehead atoms. The molecule has 3 aromatic rings. The number of esters is 1. The molecule has 0 amide bonds. The highest BCUT2D eigenvalue weighted by Gasteiger charge is 2.14. The highest BCUT2D eigenvalue weighted by Crippen LogP contribution is 2.18. The lowest BCUT2D eigenvalue weighted by Crippen LogP contribution is -2.19. The van der Waals surface area contributed by atoms with E-state index in [0.717, 1.165) is 16.5 Å². The molecular formula is C19H17NO4. The van der Waals surface area contributed by atoms with Gasteiger partial charge >= 0.3 is 5.97 Å². The highest BCUT2D eigenvalue weighted by molar-refractivity contribution is 6.08. The fourth-order valence-electron chi connectivity index (χ4n) is 2.42. The number of aromatic nitrogens is 1. The van der Waals surface area contributed by atoms with E-state index in [1.807, 2.05) is 49.4 Å². The van der Waals surface area contributed by atoms with Gasteiger partial charge in [-0.1, -0.05) is 30.3 Å². The summed E-state index contributed by atoms with van der Waals surface area (Å²) in [7, 11) is 0. The second-order valence-corrected chi connectivity index (χ2v) is 5.44. The van der Waals surface area contributed by atoms with E-state index in [-0.39, 0.29) is 19.0 Å². The van der Waals surface area contributed by atoms with Gasteiger partial charge in [0, 0.05) is 22.7 Å². The molecule has 1 heterocycles. The van der Waals surface area contributed by atoms with Crippen LogP contribution in [-0.2, 0) is 9.53 Å².